The molecular weight excluding hydrogens is 157 g/mol. The second kappa shape index (κ2) is 5.27. The molecule has 2 nitrogen and oxygen atoms in total. The second-order valence-corrected chi connectivity index (χ2v) is 3.26. The molecular formula is C9H16FNO. The molecule has 1 N–H and O–H groups in total. The van der Waals surface area contributed by atoms with Crippen molar-refractivity contribution in [2.45, 2.75) is 19.3 Å². The van der Waals surface area contributed by atoms with Crippen LogP contribution in [0.1, 0.15) is 19.3 Å². The SMILES string of the molecule is OC/C(=C/F)CN1CCCCC1. The highest BCUT2D eigenvalue weighted by Crippen LogP contribution is 2.10. The third kappa shape index (κ3) is 2.91. The smallest absolute Gasteiger partial charge is 0.0894 e. The highest BCUT2D eigenvalue weighted by molar-refractivity contribution is 5.00. The molecule has 0 spiro atoms. The molecule has 0 amide bonds. The minimum atomic E-state index is -0.160. The van der Waals surface area contributed by atoms with E-state index in [9.17, 15) is 4.39 Å². The van der Waals surface area contributed by atoms with Gasteiger partial charge in [-0.1, -0.05) is 6.42 Å². The van der Waals surface area contributed by atoms with Crippen molar-refractivity contribution in [3.8, 4) is 0 Å². The Bertz CT molecular complexity index is 153. The summed E-state index contributed by atoms with van der Waals surface area (Å²) >= 11 is 0. The fraction of sp³-hybridized carbons (Fsp3) is 0.778. The summed E-state index contributed by atoms with van der Waals surface area (Å²) < 4.78 is 12.1. The third-order valence-corrected chi connectivity index (χ3v) is 2.23. The van der Waals surface area contributed by atoms with Crippen LogP contribution < -0.4 is 0 Å². The molecule has 0 bridgehead atoms. The molecule has 0 aromatic rings. The van der Waals surface area contributed by atoms with Crippen molar-refractivity contribution in [3.05, 3.63) is 11.9 Å². The molecule has 0 saturated carbocycles. The Morgan fingerprint density at radius 3 is 2.50 bits per heavy atom. The number of piperidine rings is 1. The monoisotopic (exact) mass is 173 g/mol. The third-order valence-electron chi connectivity index (χ3n) is 2.23. The van der Waals surface area contributed by atoms with Crippen LogP contribution in [-0.2, 0) is 0 Å². The van der Waals surface area contributed by atoms with Crippen LogP contribution in [0.4, 0.5) is 4.39 Å². The first-order chi connectivity index (χ1) is 5.86. The lowest BCUT2D eigenvalue weighted by Crippen LogP contribution is -2.32. The minimum absolute atomic E-state index is 0.160. The molecule has 1 fully saturated rings. The van der Waals surface area contributed by atoms with Gasteiger partial charge < -0.3 is 5.11 Å². The lowest BCUT2D eigenvalue weighted by molar-refractivity contribution is 0.230. The van der Waals surface area contributed by atoms with Crippen LogP contribution in [0.15, 0.2) is 11.9 Å². The number of halogens is 1. The van der Waals surface area contributed by atoms with E-state index in [4.69, 9.17) is 5.11 Å². The molecule has 0 aromatic heterocycles. The van der Waals surface area contributed by atoms with E-state index in [1.165, 1.54) is 19.3 Å². The summed E-state index contributed by atoms with van der Waals surface area (Å²) in [6.07, 6.45) is 4.20. The Kier molecular flexibility index (Phi) is 4.25. The summed E-state index contributed by atoms with van der Waals surface area (Å²) in [5.41, 5.74) is 0.483. The quantitative estimate of drug-likeness (QED) is 0.695. The van der Waals surface area contributed by atoms with E-state index >= 15 is 0 Å². The van der Waals surface area contributed by atoms with Gasteiger partial charge in [0.05, 0.1) is 12.9 Å². The van der Waals surface area contributed by atoms with Crippen molar-refractivity contribution < 1.29 is 9.50 Å². The molecule has 70 valence electrons. The van der Waals surface area contributed by atoms with Crippen molar-refractivity contribution in [2.24, 2.45) is 0 Å². The second-order valence-electron chi connectivity index (χ2n) is 3.26. The van der Waals surface area contributed by atoms with Crippen LogP contribution in [0.2, 0.25) is 0 Å². The first-order valence-electron chi connectivity index (χ1n) is 4.48. The number of aliphatic hydroxyl groups excluding tert-OH is 1. The van der Waals surface area contributed by atoms with Gasteiger partial charge in [-0.05, 0) is 31.5 Å². The lowest BCUT2D eigenvalue weighted by atomic mass is 10.1. The number of likely N-dealkylation sites (tertiary alicyclic amines) is 1. The number of rotatable bonds is 3. The van der Waals surface area contributed by atoms with Crippen LogP contribution in [0.5, 0.6) is 0 Å². The molecule has 12 heavy (non-hydrogen) atoms. The average Bonchev–Trinajstić information content (AvgIpc) is 2.16. The average molecular weight is 173 g/mol. The summed E-state index contributed by atoms with van der Waals surface area (Å²) in [5.74, 6) is 0. The maximum absolute atomic E-state index is 12.1. The molecule has 0 radical (unpaired) electrons. The molecule has 1 aliphatic rings. The summed E-state index contributed by atoms with van der Waals surface area (Å²) in [6, 6.07) is 0. The largest absolute Gasteiger partial charge is 0.392 e. The summed E-state index contributed by atoms with van der Waals surface area (Å²) in [7, 11) is 0. The number of hydrogen-bond donors (Lipinski definition) is 1. The maximum atomic E-state index is 12.1. The predicted octanol–water partition coefficient (Wildman–Crippen LogP) is 1.32. The Morgan fingerprint density at radius 2 is 2.00 bits per heavy atom. The Hall–Kier alpha value is -0.410. The Labute approximate surface area is 72.7 Å². The fourth-order valence-electron chi connectivity index (χ4n) is 1.52. The van der Waals surface area contributed by atoms with E-state index in [-0.39, 0.29) is 6.61 Å². The van der Waals surface area contributed by atoms with Crippen LogP contribution in [-0.4, -0.2) is 36.2 Å². The molecule has 0 atom stereocenters. The van der Waals surface area contributed by atoms with E-state index in [2.05, 4.69) is 4.90 Å². The molecule has 1 saturated heterocycles. The van der Waals surface area contributed by atoms with Crippen molar-refractivity contribution >= 4 is 0 Å². The summed E-state index contributed by atoms with van der Waals surface area (Å²) in [6.45, 7) is 2.51. The van der Waals surface area contributed by atoms with E-state index in [0.717, 1.165) is 13.1 Å². The lowest BCUT2D eigenvalue weighted by Gasteiger charge is -2.26. The number of nitrogens with zero attached hydrogens (tertiary/aromatic N) is 1. The van der Waals surface area contributed by atoms with Gasteiger partial charge in [0.15, 0.2) is 0 Å². The molecule has 1 heterocycles. The van der Waals surface area contributed by atoms with E-state index in [0.29, 0.717) is 18.4 Å². The van der Waals surface area contributed by atoms with Crippen molar-refractivity contribution in [1.29, 1.82) is 0 Å². The fourth-order valence-corrected chi connectivity index (χ4v) is 1.52. The standard InChI is InChI=1S/C9H16FNO/c10-6-9(8-12)7-11-4-2-1-3-5-11/h6,12H,1-5,7-8H2/b9-6+. The zero-order valence-corrected chi connectivity index (χ0v) is 7.30. The van der Waals surface area contributed by atoms with Crippen LogP contribution >= 0.6 is 0 Å². The first-order valence-corrected chi connectivity index (χ1v) is 4.48. The highest BCUT2D eigenvalue weighted by Gasteiger charge is 2.10. The molecule has 1 aliphatic heterocycles. The van der Waals surface area contributed by atoms with Gasteiger partial charge in [0, 0.05) is 6.54 Å². The molecule has 3 heteroatoms. The van der Waals surface area contributed by atoms with Gasteiger partial charge in [0.25, 0.3) is 0 Å². The van der Waals surface area contributed by atoms with Crippen molar-refractivity contribution in [2.75, 3.05) is 26.2 Å². The first kappa shape index (κ1) is 9.68. The summed E-state index contributed by atoms with van der Waals surface area (Å²) in [4.78, 5) is 2.19. The van der Waals surface area contributed by atoms with Gasteiger partial charge in [-0.2, -0.15) is 0 Å². The van der Waals surface area contributed by atoms with Crippen molar-refractivity contribution in [1.82, 2.24) is 4.90 Å². The zero-order chi connectivity index (χ0) is 8.81. The van der Waals surface area contributed by atoms with Crippen LogP contribution in [0, 0.1) is 0 Å². The molecule has 1 rings (SSSR count). The van der Waals surface area contributed by atoms with Crippen LogP contribution in [0.3, 0.4) is 0 Å². The van der Waals surface area contributed by atoms with Gasteiger partial charge >= 0.3 is 0 Å². The minimum Gasteiger partial charge on any atom is -0.392 e. The van der Waals surface area contributed by atoms with Gasteiger partial charge in [-0.25, -0.2) is 4.39 Å². The highest BCUT2D eigenvalue weighted by atomic mass is 19.1. The van der Waals surface area contributed by atoms with Gasteiger partial charge in [0.1, 0.15) is 0 Å². The topological polar surface area (TPSA) is 23.5 Å². The summed E-state index contributed by atoms with van der Waals surface area (Å²) in [5, 5.41) is 8.72. The maximum Gasteiger partial charge on any atom is 0.0894 e. The van der Waals surface area contributed by atoms with Gasteiger partial charge in [-0.3, -0.25) is 4.90 Å². The normalized spacial score (nSPS) is 21.3. The van der Waals surface area contributed by atoms with Gasteiger partial charge in [0.2, 0.25) is 0 Å². The Balaban J connectivity index is 2.28. The van der Waals surface area contributed by atoms with Crippen LogP contribution in [0.25, 0.3) is 0 Å². The van der Waals surface area contributed by atoms with E-state index in [1.807, 2.05) is 0 Å². The number of aliphatic hydroxyl groups is 1. The predicted molar refractivity (Wildman–Crippen MR) is 46.6 cm³/mol. The van der Waals surface area contributed by atoms with E-state index < -0.39 is 0 Å². The van der Waals surface area contributed by atoms with Gasteiger partial charge in [-0.15, -0.1) is 0 Å². The van der Waals surface area contributed by atoms with E-state index in [1.54, 1.807) is 0 Å². The molecule has 0 aromatic carbocycles. The molecule has 0 unspecified atom stereocenters. The molecule has 0 aliphatic carbocycles. The zero-order valence-electron chi connectivity index (χ0n) is 7.30. The number of hydrogen-bond acceptors (Lipinski definition) is 2. The van der Waals surface area contributed by atoms with Crippen molar-refractivity contribution in [3.63, 3.8) is 0 Å². The Morgan fingerprint density at radius 1 is 1.33 bits per heavy atom.